The molecule has 0 atom stereocenters. The zero-order chi connectivity index (χ0) is 21.9. The minimum atomic E-state index is 0.481. The van der Waals surface area contributed by atoms with Gasteiger partial charge in [0.05, 0.1) is 12.2 Å². The lowest BCUT2D eigenvalue weighted by Crippen LogP contribution is -2.46. The van der Waals surface area contributed by atoms with E-state index in [0.29, 0.717) is 5.92 Å². The number of thiazole rings is 1. The molecule has 0 saturated carbocycles. The Morgan fingerprint density at radius 3 is 2.48 bits per heavy atom. The van der Waals surface area contributed by atoms with Gasteiger partial charge in [0.25, 0.3) is 0 Å². The number of unbranched alkanes of at least 4 members (excludes halogenated alkanes) is 1. The molecule has 1 aromatic heterocycles. The molecule has 7 heteroatoms. The molecule has 2 heterocycles. The first-order chi connectivity index (χ1) is 15.1. The molecule has 1 aliphatic rings. The Labute approximate surface area is 191 Å². The van der Waals surface area contributed by atoms with Crippen LogP contribution in [-0.2, 0) is 13.1 Å². The highest BCUT2D eigenvalue weighted by molar-refractivity contribution is 7.09. The van der Waals surface area contributed by atoms with Gasteiger partial charge in [-0.1, -0.05) is 44.2 Å². The van der Waals surface area contributed by atoms with Crippen molar-refractivity contribution < 1.29 is 0 Å². The average molecular weight is 443 g/mol. The van der Waals surface area contributed by atoms with E-state index in [1.165, 1.54) is 50.4 Å². The maximum Gasteiger partial charge on any atom is 0.191 e. The monoisotopic (exact) mass is 442 g/mol. The van der Waals surface area contributed by atoms with E-state index in [0.717, 1.165) is 37.0 Å². The largest absolute Gasteiger partial charge is 0.356 e. The Bertz CT molecular complexity index is 780. The maximum atomic E-state index is 4.67. The van der Waals surface area contributed by atoms with Gasteiger partial charge in [-0.05, 0) is 30.9 Å². The Kier molecular flexibility index (Phi) is 9.78. The molecule has 2 aromatic rings. The van der Waals surface area contributed by atoms with Gasteiger partial charge in [0.15, 0.2) is 5.96 Å². The number of nitrogens with zero attached hydrogens (tertiary/aromatic N) is 4. The van der Waals surface area contributed by atoms with Gasteiger partial charge in [-0.2, -0.15) is 0 Å². The van der Waals surface area contributed by atoms with Crippen LogP contribution in [0.25, 0.3) is 0 Å². The van der Waals surface area contributed by atoms with Crippen LogP contribution in [-0.4, -0.2) is 67.1 Å². The molecule has 0 spiro atoms. The predicted molar refractivity (Wildman–Crippen MR) is 132 cm³/mol. The number of benzene rings is 1. The van der Waals surface area contributed by atoms with Gasteiger partial charge in [0.2, 0.25) is 0 Å². The summed E-state index contributed by atoms with van der Waals surface area (Å²) in [5.74, 6) is 1.34. The topological polar surface area (TPSA) is 55.8 Å². The Morgan fingerprint density at radius 1 is 1.06 bits per heavy atom. The van der Waals surface area contributed by atoms with Crippen molar-refractivity contribution in [3.63, 3.8) is 0 Å². The van der Waals surface area contributed by atoms with Crippen LogP contribution in [0, 0.1) is 0 Å². The van der Waals surface area contributed by atoms with Crippen molar-refractivity contribution in [2.75, 3.05) is 46.3 Å². The fraction of sp³-hybridized carbons (Fsp3) is 0.583. The molecule has 0 amide bonds. The summed E-state index contributed by atoms with van der Waals surface area (Å²) >= 11 is 1.71. The minimum absolute atomic E-state index is 0.481. The highest BCUT2D eigenvalue weighted by Gasteiger charge is 2.16. The van der Waals surface area contributed by atoms with E-state index in [1.807, 2.05) is 7.05 Å². The molecule has 1 saturated heterocycles. The SMILES string of the molecule is CN=C(NCCCCN1CCN(Cc2ccccc2)CC1)NCc1nc(C(C)C)cs1. The van der Waals surface area contributed by atoms with Gasteiger partial charge in [-0.25, -0.2) is 4.98 Å². The van der Waals surface area contributed by atoms with Gasteiger partial charge in [0.1, 0.15) is 5.01 Å². The summed E-state index contributed by atoms with van der Waals surface area (Å²) in [6, 6.07) is 10.8. The number of piperazine rings is 1. The third kappa shape index (κ3) is 8.24. The van der Waals surface area contributed by atoms with Crippen molar-refractivity contribution in [1.82, 2.24) is 25.4 Å². The molecular weight excluding hydrogens is 404 g/mol. The van der Waals surface area contributed by atoms with E-state index >= 15 is 0 Å². The highest BCUT2D eigenvalue weighted by atomic mass is 32.1. The Hall–Kier alpha value is -1.96. The summed E-state index contributed by atoms with van der Waals surface area (Å²) in [6.07, 6.45) is 2.37. The normalized spacial score (nSPS) is 16.1. The summed E-state index contributed by atoms with van der Waals surface area (Å²) in [7, 11) is 1.83. The van der Waals surface area contributed by atoms with Crippen LogP contribution in [0.5, 0.6) is 0 Å². The van der Waals surface area contributed by atoms with Crippen LogP contribution in [0.15, 0.2) is 40.7 Å². The summed E-state index contributed by atoms with van der Waals surface area (Å²) < 4.78 is 0. The summed E-state index contributed by atoms with van der Waals surface area (Å²) in [4.78, 5) is 14.2. The molecule has 2 N–H and O–H groups in total. The second-order valence-electron chi connectivity index (χ2n) is 8.48. The number of hydrogen-bond donors (Lipinski definition) is 2. The third-order valence-electron chi connectivity index (χ3n) is 5.70. The zero-order valence-electron chi connectivity index (χ0n) is 19.3. The van der Waals surface area contributed by atoms with E-state index in [9.17, 15) is 0 Å². The van der Waals surface area contributed by atoms with Gasteiger partial charge in [-0.3, -0.25) is 9.89 Å². The molecule has 6 nitrogen and oxygen atoms in total. The van der Waals surface area contributed by atoms with Gasteiger partial charge >= 0.3 is 0 Å². The first kappa shape index (κ1) is 23.7. The Balaban J connectivity index is 1.24. The van der Waals surface area contributed by atoms with Crippen LogP contribution >= 0.6 is 11.3 Å². The lowest BCUT2D eigenvalue weighted by Gasteiger charge is -2.34. The van der Waals surface area contributed by atoms with E-state index < -0.39 is 0 Å². The smallest absolute Gasteiger partial charge is 0.191 e. The van der Waals surface area contributed by atoms with Crippen LogP contribution in [0.4, 0.5) is 0 Å². The molecule has 1 aliphatic heterocycles. The molecule has 0 radical (unpaired) electrons. The Morgan fingerprint density at radius 2 is 1.81 bits per heavy atom. The minimum Gasteiger partial charge on any atom is -0.356 e. The number of hydrogen-bond acceptors (Lipinski definition) is 5. The summed E-state index contributed by atoms with van der Waals surface area (Å²) in [6.45, 7) is 13.0. The molecule has 0 bridgehead atoms. The van der Waals surface area contributed by atoms with Gasteiger partial charge in [0, 0.05) is 51.7 Å². The fourth-order valence-electron chi connectivity index (χ4n) is 3.73. The quantitative estimate of drug-likeness (QED) is 0.335. The first-order valence-corrected chi connectivity index (χ1v) is 12.4. The first-order valence-electron chi connectivity index (χ1n) is 11.5. The number of nitrogens with one attached hydrogen (secondary N) is 2. The van der Waals surface area contributed by atoms with Crippen LogP contribution in [0.1, 0.15) is 48.9 Å². The second kappa shape index (κ2) is 12.8. The average Bonchev–Trinajstić information content (AvgIpc) is 3.27. The predicted octanol–water partition coefficient (Wildman–Crippen LogP) is 3.53. The van der Waals surface area contributed by atoms with Crippen molar-refractivity contribution in [2.24, 2.45) is 4.99 Å². The molecule has 31 heavy (non-hydrogen) atoms. The van der Waals surface area contributed by atoms with Crippen molar-refractivity contribution in [1.29, 1.82) is 0 Å². The zero-order valence-corrected chi connectivity index (χ0v) is 20.1. The van der Waals surface area contributed by atoms with E-state index in [1.54, 1.807) is 11.3 Å². The van der Waals surface area contributed by atoms with Crippen molar-refractivity contribution in [2.45, 2.75) is 45.7 Å². The number of aliphatic imine (C=N–C) groups is 1. The summed E-state index contributed by atoms with van der Waals surface area (Å²) in [5.41, 5.74) is 2.59. The second-order valence-corrected chi connectivity index (χ2v) is 9.43. The molecular formula is C24H38N6S. The molecule has 1 aromatic carbocycles. The molecule has 1 fully saturated rings. The van der Waals surface area contributed by atoms with Gasteiger partial charge in [-0.15, -0.1) is 11.3 Å². The third-order valence-corrected chi connectivity index (χ3v) is 6.57. The molecule has 0 aliphatic carbocycles. The van der Waals surface area contributed by atoms with Crippen molar-refractivity contribution >= 4 is 17.3 Å². The lowest BCUT2D eigenvalue weighted by atomic mass is 10.2. The lowest BCUT2D eigenvalue weighted by molar-refractivity contribution is 0.126. The number of guanidine groups is 1. The van der Waals surface area contributed by atoms with Crippen LogP contribution in [0.3, 0.4) is 0 Å². The fourth-order valence-corrected chi connectivity index (χ4v) is 4.63. The van der Waals surface area contributed by atoms with E-state index in [-0.39, 0.29) is 0 Å². The van der Waals surface area contributed by atoms with Gasteiger partial charge < -0.3 is 15.5 Å². The number of aromatic nitrogens is 1. The van der Waals surface area contributed by atoms with Crippen molar-refractivity contribution in [3.8, 4) is 0 Å². The number of rotatable bonds is 10. The van der Waals surface area contributed by atoms with Crippen molar-refractivity contribution in [3.05, 3.63) is 52.0 Å². The van der Waals surface area contributed by atoms with Crippen LogP contribution < -0.4 is 10.6 Å². The molecule has 170 valence electrons. The summed E-state index contributed by atoms with van der Waals surface area (Å²) in [5, 5.41) is 10.1. The standard InChI is InChI=1S/C24H38N6S/c1-20(2)22-19-31-23(28-22)17-27-24(25-3)26-11-7-8-12-29-13-15-30(16-14-29)18-21-9-5-4-6-10-21/h4-6,9-10,19-20H,7-8,11-18H2,1-3H3,(H2,25,26,27). The molecule has 0 unspecified atom stereocenters. The van der Waals surface area contributed by atoms with E-state index in [2.05, 4.69) is 80.0 Å². The molecule has 3 rings (SSSR count). The van der Waals surface area contributed by atoms with E-state index in [4.69, 9.17) is 0 Å². The van der Waals surface area contributed by atoms with Crippen LogP contribution in [0.2, 0.25) is 0 Å². The maximum absolute atomic E-state index is 4.67. The highest BCUT2D eigenvalue weighted by Crippen LogP contribution is 2.17.